The first-order valence-electron chi connectivity index (χ1n) is 5.34. The molecule has 0 radical (unpaired) electrons. The van der Waals surface area contributed by atoms with Crippen molar-refractivity contribution in [3.05, 3.63) is 54.1 Å². The summed E-state index contributed by atoms with van der Waals surface area (Å²) in [6.45, 7) is 0. The number of rotatable bonds is 3. The lowest BCUT2D eigenvalue weighted by atomic mass is 10.2. The van der Waals surface area contributed by atoms with Crippen molar-refractivity contribution < 1.29 is 14.6 Å². The molecule has 2 aromatic carbocycles. The lowest BCUT2D eigenvalue weighted by Gasteiger charge is -2.03. The van der Waals surface area contributed by atoms with Gasteiger partial charge in [-0.2, -0.15) is 0 Å². The number of carbonyl (C=O) groups excluding carboxylic acids is 1. The van der Waals surface area contributed by atoms with Crippen LogP contribution in [0, 0.1) is 0 Å². The molecule has 3 nitrogen and oxygen atoms in total. The summed E-state index contributed by atoms with van der Waals surface area (Å²) in [5, 5.41) is 9.10. The molecule has 0 amide bonds. The van der Waals surface area contributed by atoms with Gasteiger partial charge in [0.05, 0.1) is 7.11 Å². The lowest BCUT2D eigenvalue weighted by Crippen LogP contribution is -1.92. The molecule has 0 aliphatic heterocycles. The van der Waals surface area contributed by atoms with Gasteiger partial charge in [-0.25, -0.2) is 0 Å². The summed E-state index contributed by atoms with van der Waals surface area (Å²) >= 11 is 1.15. The van der Waals surface area contributed by atoms with Crippen LogP contribution in [0.25, 0.3) is 0 Å². The Kier molecular flexibility index (Phi) is 3.89. The zero-order valence-corrected chi connectivity index (χ0v) is 10.6. The molecule has 1 N–H and O–H groups in total. The fourth-order valence-electron chi connectivity index (χ4n) is 1.41. The van der Waals surface area contributed by atoms with Gasteiger partial charge in [0.2, 0.25) is 5.12 Å². The normalized spacial score (nSPS) is 10.1. The molecule has 2 aromatic rings. The second kappa shape index (κ2) is 5.60. The van der Waals surface area contributed by atoms with Crippen LogP contribution in [0.2, 0.25) is 0 Å². The molecule has 18 heavy (non-hydrogen) atoms. The van der Waals surface area contributed by atoms with E-state index < -0.39 is 0 Å². The second-order valence-electron chi connectivity index (χ2n) is 3.61. The van der Waals surface area contributed by atoms with E-state index in [0.717, 1.165) is 22.4 Å². The quantitative estimate of drug-likeness (QED) is 0.860. The van der Waals surface area contributed by atoms with E-state index in [2.05, 4.69) is 0 Å². The largest absolute Gasteiger partial charge is 0.508 e. The van der Waals surface area contributed by atoms with E-state index in [4.69, 9.17) is 9.84 Å². The molecule has 0 saturated heterocycles. The second-order valence-corrected chi connectivity index (χ2v) is 4.66. The van der Waals surface area contributed by atoms with E-state index in [1.807, 2.05) is 24.3 Å². The van der Waals surface area contributed by atoms with Gasteiger partial charge in [0.25, 0.3) is 0 Å². The number of phenols is 1. The monoisotopic (exact) mass is 260 g/mol. The smallest absolute Gasteiger partial charge is 0.224 e. The summed E-state index contributed by atoms with van der Waals surface area (Å²) in [6.07, 6.45) is 0. The molecule has 2 rings (SSSR count). The van der Waals surface area contributed by atoms with E-state index in [1.54, 1.807) is 19.2 Å². The molecular weight excluding hydrogens is 248 g/mol. The van der Waals surface area contributed by atoms with E-state index >= 15 is 0 Å². The van der Waals surface area contributed by atoms with Crippen LogP contribution >= 0.6 is 11.8 Å². The minimum atomic E-state index is -0.0554. The minimum Gasteiger partial charge on any atom is -0.508 e. The standard InChI is InChI=1S/C14H12O3S/c1-17-12-6-8-13(9-7-12)18-14(16)10-2-4-11(15)5-3-10/h2-9,15H,1H3. The molecule has 0 aliphatic rings. The lowest BCUT2D eigenvalue weighted by molar-refractivity contribution is 0.108. The molecular formula is C14H12O3S. The summed E-state index contributed by atoms with van der Waals surface area (Å²) in [6, 6.07) is 13.5. The number of ether oxygens (including phenoxy) is 1. The summed E-state index contributed by atoms with van der Waals surface area (Å²) in [4.78, 5) is 12.8. The van der Waals surface area contributed by atoms with Crippen molar-refractivity contribution in [3.8, 4) is 11.5 Å². The van der Waals surface area contributed by atoms with Gasteiger partial charge in [-0.15, -0.1) is 0 Å². The molecule has 92 valence electrons. The Hall–Kier alpha value is -1.94. The highest BCUT2D eigenvalue weighted by Crippen LogP contribution is 2.25. The van der Waals surface area contributed by atoms with E-state index in [1.165, 1.54) is 12.1 Å². The summed E-state index contributed by atoms with van der Waals surface area (Å²) in [5.41, 5.74) is 0.564. The van der Waals surface area contributed by atoms with Crippen molar-refractivity contribution in [1.29, 1.82) is 0 Å². The van der Waals surface area contributed by atoms with Gasteiger partial charge in [0, 0.05) is 10.5 Å². The van der Waals surface area contributed by atoms with Crippen LogP contribution in [0.15, 0.2) is 53.4 Å². The van der Waals surface area contributed by atoms with Gasteiger partial charge in [-0.1, -0.05) is 0 Å². The molecule has 0 unspecified atom stereocenters. The van der Waals surface area contributed by atoms with Crippen molar-refractivity contribution in [1.82, 2.24) is 0 Å². The maximum Gasteiger partial charge on any atom is 0.224 e. The number of phenolic OH excluding ortho intramolecular Hbond substituents is 1. The van der Waals surface area contributed by atoms with Crippen LogP contribution in [0.5, 0.6) is 11.5 Å². The van der Waals surface area contributed by atoms with Gasteiger partial charge in [0.15, 0.2) is 0 Å². The van der Waals surface area contributed by atoms with E-state index in [-0.39, 0.29) is 10.9 Å². The van der Waals surface area contributed by atoms with Crippen molar-refractivity contribution in [2.75, 3.05) is 7.11 Å². The molecule has 0 spiro atoms. The highest BCUT2D eigenvalue weighted by molar-refractivity contribution is 8.14. The van der Waals surface area contributed by atoms with Crippen molar-refractivity contribution in [2.24, 2.45) is 0 Å². The summed E-state index contributed by atoms with van der Waals surface area (Å²) < 4.78 is 5.05. The predicted octanol–water partition coefficient (Wildman–Crippen LogP) is 3.33. The zero-order valence-electron chi connectivity index (χ0n) is 9.79. The molecule has 4 heteroatoms. The fourth-order valence-corrected chi connectivity index (χ4v) is 2.15. The fraction of sp³-hybridized carbons (Fsp3) is 0.0714. The van der Waals surface area contributed by atoms with Crippen LogP contribution in [0.3, 0.4) is 0 Å². The number of aromatic hydroxyl groups is 1. The number of benzene rings is 2. The highest BCUT2D eigenvalue weighted by atomic mass is 32.2. The molecule has 0 aliphatic carbocycles. The molecule has 0 bridgehead atoms. The first kappa shape index (κ1) is 12.5. The molecule has 0 aromatic heterocycles. The summed E-state index contributed by atoms with van der Waals surface area (Å²) in [5.74, 6) is 0.914. The first-order valence-corrected chi connectivity index (χ1v) is 6.16. The van der Waals surface area contributed by atoms with Gasteiger partial charge in [0.1, 0.15) is 11.5 Å². The third-order valence-electron chi connectivity index (χ3n) is 2.37. The highest BCUT2D eigenvalue weighted by Gasteiger charge is 2.08. The number of hydrogen-bond acceptors (Lipinski definition) is 4. The zero-order chi connectivity index (χ0) is 13.0. The first-order chi connectivity index (χ1) is 8.69. The van der Waals surface area contributed by atoms with Crippen LogP contribution in [-0.2, 0) is 0 Å². The Morgan fingerprint density at radius 3 is 2.22 bits per heavy atom. The number of methoxy groups -OCH3 is 1. The van der Waals surface area contributed by atoms with E-state index in [9.17, 15) is 4.79 Å². The SMILES string of the molecule is COc1ccc(SC(=O)c2ccc(O)cc2)cc1. The van der Waals surface area contributed by atoms with E-state index in [0.29, 0.717) is 5.56 Å². The molecule has 0 heterocycles. The Morgan fingerprint density at radius 2 is 1.67 bits per heavy atom. The van der Waals surface area contributed by atoms with Crippen molar-refractivity contribution in [3.63, 3.8) is 0 Å². The number of thioether (sulfide) groups is 1. The van der Waals surface area contributed by atoms with Crippen molar-refractivity contribution >= 4 is 16.9 Å². The van der Waals surface area contributed by atoms with Crippen LogP contribution in [-0.4, -0.2) is 17.3 Å². The average molecular weight is 260 g/mol. The third kappa shape index (κ3) is 3.05. The third-order valence-corrected chi connectivity index (χ3v) is 3.30. The minimum absolute atomic E-state index is 0.0554. The maximum atomic E-state index is 11.9. The van der Waals surface area contributed by atoms with Crippen LogP contribution in [0.4, 0.5) is 0 Å². The van der Waals surface area contributed by atoms with Gasteiger partial charge >= 0.3 is 0 Å². The topological polar surface area (TPSA) is 46.5 Å². The van der Waals surface area contributed by atoms with Gasteiger partial charge < -0.3 is 9.84 Å². The molecule has 0 saturated carbocycles. The number of hydrogen-bond donors (Lipinski definition) is 1. The predicted molar refractivity (Wildman–Crippen MR) is 71.3 cm³/mol. The summed E-state index contributed by atoms with van der Waals surface area (Å²) in [7, 11) is 1.60. The van der Waals surface area contributed by atoms with Gasteiger partial charge in [-0.05, 0) is 60.3 Å². The molecule has 0 atom stereocenters. The number of carbonyl (C=O) groups is 1. The van der Waals surface area contributed by atoms with Gasteiger partial charge in [-0.3, -0.25) is 4.79 Å². The molecule has 0 fully saturated rings. The Labute approximate surface area is 109 Å². The Bertz CT molecular complexity index is 532. The van der Waals surface area contributed by atoms with Crippen LogP contribution < -0.4 is 4.74 Å². The average Bonchev–Trinajstić information content (AvgIpc) is 2.40. The Morgan fingerprint density at radius 1 is 1.06 bits per heavy atom. The Balaban J connectivity index is 2.08. The van der Waals surface area contributed by atoms with Crippen molar-refractivity contribution in [2.45, 2.75) is 4.90 Å². The van der Waals surface area contributed by atoms with Crippen LogP contribution in [0.1, 0.15) is 10.4 Å². The maximum absolute atomic E-state index is 11.9.